The molecule has 0 N–H and O–H groups in total. The van der Waals surface area contributed by atoms with Crippen molar-refractivity contribution in [3.63, 3.8) is 0 Å². The summed E-state index contributed by atoms with van der Waals surface area (Å²) in [6.07, 6.45) is 4.47. The van der Waals surface area contributed by atoms with Gasteiger partial charge in [0, 0.05) is 21.6 Å². The summed E-state index contributed by atoms with van der Waals surface area (Å²) < 4.78 is 2.40. The maximum atomic E-state index is 2.40. The Morgan fingerprint density at radius 2 is 1.36 bits per heavy atom. The minimum atomic E-state index is 1.22. The molecule has 1 heterocycles. The number of nitrogens with zero attached hydrogens (tertiary/aromatic N) is 1. The van der Waals surface area contributed by atoms with Gasteiger partial charge in [-0.15, -0.1) is 0 Å². The Balaban J connectivity index is 0.00000126. The highest BCUT2D eigenvalue weighted by Gasteiger charge is 2.12. The van der Waals surface area contributed by atoms with Gasteiger partial charge in [-0.1, -0.05) is 80.6 Å². The molecule has 5 rings (SSSR count). The molecule has 4 aromatic carbocycles. The third-order valence-electron chi connectivity index (χ3n) is 6.17. The lowest BCUT2D eigenvalue weighted by Crippen LogP contribution is -2.27. The average molecular weight is 432 g/mol. The molecule has 0 radical (unpaired) electrons. The van der Waals surface area contributed by atoms with Crippen LogP contribution in [0.4, 0.5) is 0 Å². The first-order valence-corrected chi connectivity index (χ1v) is 11.9. The van der Waals surface area contributed by atoms with Crippen molar-refractivity contribution >= 4 is 33.8 Å². The number of hydrogen-bond donors (Lipinski definition) is 0. The van der Waals surface area contributed by atoms with Gasteiger partial charge in [-0.25, -0.2) is 0 Å². The molecule has 1 aromatic heterocycles. The van der Waals surface area contributed by atoms with E-state index in [0.29, 0.717) is 0 Å². The van der Waals surface area contributed by atoms with Crippen molar-refractivity contribution in [2.75, 3.05) is 0 Å². The van der Waals surface area contributed by atoms with E-state index in [2.05, 4.69) is 123 Å². The lowest BCUT2D eigenvalue weighted by Gasteiger charge is -2.11. The van der Waals surface area contributed by atoms with Crippen molar-refractivity contribution in [3.8, 4) is 16.8 Å². The molecule has 0 aliphatic carbocycles. The van der Waals surface area contributed by atoms with Gasteiger partial charge in [-0.05, 0) is 85.0 Å². The van der Waals surface area contributed by atoms with E-state index in [4.69, 9.17) is 0 Å². The molecule has 0 spiro atoms. The van der Waals surface area contributed by atoms with Crippen molar-refractivity contribution in [1.82, 2.24) is 4.57 Å². The predicted molar refractivity (Wildman–Crippen MR) is 147 cm³/mol. The molecule has 0 saturated carbocycles. The first-order chi connectivity index (χ1) is 16.1. The molecule has 1 nitrogen and oxygen atoms in total. The van der Waals surface area contributed by atoms with Crippen LogP contribution >= 0.6 is 0 Å². The Kier molecular flexibility index (Phi) is 6.51. The molecule has 1 heteroatoms. The van der Waals surface area contributed by atoms with Gasteiger partial charge in [0.1, 0.15) is 0 Å². The van der Waals surface area contributed by atoms with Crippen LogP contribution in [-0.4, -0.2) is 4.57 Å². The van der Waals surface area contributed by atoms with E-state index in [1.54, 1.807) is 0 Å². The van der Waals surface area contributed by atoms with Gasteiger partial charge in [0.15, 0.2) is 0 Å². The topological polar surface area (TPSA) is 4.93 Å². The molecule has 0 aliphatic rings. The standard InChI is InChI=1S/C30H27N.C2H6/c1-5-25-28-19-23(27-13-9-11-22-10-7-8-12-26(22)27)14-15-30(28)31(29(25)6-2)24-17-20(3)16-21(4)18-24;1-2/h5-19H,1-4H3;1-2H3/b25-5-,29-6+;. The van der Waals surface area contributed by atoms with Crippen molar-refractivity contribution in [2.24, 2.45) is 0 Å². The van der Waals surface area contributed by atoms with Gasteiger partial charge in [0.05, 0.1) is 5.52 Å². The molecule has 5 aromatic rings. The maximum absolute atomic E-state index is 2.40. The van der Waals surface area contributed by atoms with Gasteiger partial charge >= 0.3 is 0 Å². The second kappa shape index (κ2) is 9.50. The van der Waals surface area contributed by atoms with Crippen LogP contribution in [0.3, 0.4) is 0 Å². The highest BCUT2D eigenvalue weighted by Crippen LogP contribution is 2.30. The highest BCUT2D eigenvalue weighted by molar-refractivity contribution is 5.99. The number of aryl methyl sites for hydroxylation is 2. The van der Waals surface area contributed by atoms with Gasteiger partial charge in [0.2, 0.25) is 0 Å². The lowest BCUT2D eigenvalue weighted by atomic mass is 9.97. The summed E-state index contributed by atoms with van der Waals surface area (Å²) >= 11 is 0. The third-order valence-corrected chi connectivity index (χ3v) is 6.17. The normalized spacial score (nSPS) is 12.3. The second-order valence-corrected chi connectivity index (χ2v) is 8.32. The van der Waals surface area contributed by atoms with E-state index in [0.717, 1.165) is 0 Å². The smallest absolute Gasteiger partial charge is 0.0541 e. The zero-order valence-electron chi connectivity index (χ0n) is 20.6. The Morgan fingerprint density at radius 1 is 0.667 bits per heavy atom. The first kappa shape index (κ1) is 22.6. The fourth-order valence-corrected chi connectivity index (χ4v) is 4.93. The Hall–Kier alpha value is -3.58. The molecule has 0 unspecified atom stereocenters. The molecule has 0 amide bonds. The first-order valence-electron chi connectivity index (χ1n) is 11.9. The maximum Gasteiger partial charge on any atom is 0.0541 e. The van der Waals surface area contributed by atoms with Crippen LogP contribution in [0.5, 0.6) is 0 Å². The summed E-state index contributed by atoms with van der Waals surface area (Å²) in [5, 5.41) is 6.40. The second-order valence-electron chi connectivity index (χ2n) is 8.32. The lowest BCUT2D eigenvalue weighted by molar-refractivity contribution is 1.06. The molecule has 0 bridgehead atoms. The molecule has 0 saturated heterocycles. The van der Waals surface area contributed by atoms with Gasteiger partial charge in [0.25, 0.3) is 0 Å². The molecule has 166 valence electrons. The van der Waals surface area contributed by atoms with Crippen LogP contribution in [0.2, 0.25) is 0 Å². The Bertz CT molecular complexity index is 1540. The minimum Gasteiger partial charge on any atom is -0.310 e. The van der Waals surface area contributed by atoms with Crippen molar-refractivity contribution in [2.45, 2.75) is 41.5 Å². The van der Waals surface area contributed by atoms with Crippen molar-refractivity contribution in [1.29, 1.82) is 0 Å². The Morgan fingerprint density at radius 3 is 2.06 bits per heavy atom. The van der Waals surface area contributed by atoms with Crippen LogP contribution < -0.4 is 10.6 Å². The number of hydrogen-bond acceptors (Lipinski definition) is 0. The largest absolute Gasteiger partial charge is 0.310 e. The summed E-state index contributed by atoms with van der Waals surface area (Å²) in [4.78, 5) is 0. The van der Waals surface area contributed by atoms with Crippen molar-refractivity contribution < 1.29 is 0 Å². The van der Waals surface area contributed by atoms with Gasteiger partial charge < -0.3 is 4.57 Å². The fraction of sp³-hybridized carbons (Fsp3) is 0.188. The third kappa shape index (κ3) is 4.00. The molecule has 0 aliphatic heterocycles. The summed E-state index contributed by atoms with van der Waals surface area (Å²) in [6.45, 7) is 12.6. The predicted octanol–water partition coefficient (Wildman–Crippen LogP) is 7.69. The van der Waals surface area contributed by atoms with Crippen LogP contribution in [0, 0.1) is 13.8 Å². The van der Waals surface area contributed by atoms with E-state index in [1.165, 1.54) is 60.2 Å². The van der Waals surface area contributed by atoms with Gasteiger partial charge in [-0.3, -0.25) is 0 Å². The van der Waals surface area contributed by atoms with E-state index in [1.807, 2.05) is 13.8 Å². The summed E-state index contributed by atoms with van der Waals surface area (Å²) in [6, 6.07) is 28.9. The number of rotatable bonds is 2. The van der Waals surface area contributed by atoms with E-state index in [9.17, 15) is 0 Å². The van der Waals surface area contributed by atoms with Crippen LogP contribution in [0.15, 0.2) is 78.9 Å². The molecular weight excluding hydrogens is 398 g/mol. The molecular formula is C32H33N. The average Bonchev–Trinajstić information content (AvgIpc) is 3.17. The number of aromatic nitrogens is 1. The van der Waals surface area contributed by atoms with Gasteiger partial charge in [-0.2, -0.15) is 0 Å². The zero-order valence-corrected chi connectivity index (χ0v) is 20.6. The molecule has 0 fully saturated rings. The Labute approximate surface area is 197 Å². The molecule has 33 heavy (non-hydrogen) atoms. The van der Waals surface area contributed by atoms with Crippen LogP contribution in [0.25, 0.3) is 50.6 Å². The van der Waals surface area contributed by atoms with E-state index in [-0.39, 0.29) is 0 Å². The molecule has 0 atom stereocenters. The highest BCUT2D eigenvalue weighted by atomic mass is 15.0. The summed E-state index contributed by atoms with van der Waals surface area (Å²) in [5.41, 5.74) is 7.58. The van der Waals surface area contributed by atoms with E-state index < -0.39 is 0 Å². The summed E-state index contributed by atoms with van der Waals surface area (Å²) in [5.74, 6) is 0. The van der Waals surface area contributed by atoms with Crippen LogP contribution in [0.1, 0.15) is 38.8 Å². The summed E-state index contributed by atoms with van der Waals surface area (Å²) in [7, 11) is 0. The number of fused-ring (bicyclic) bond motifs is 2. The minimum absolute atomic E-state index is 1.22. The number of benzene rings is 4. The monoisotopic (exact) mass is 431 g/mol. The zero-order chi connectivity index (χ0) is 23.5. The quantitative estimate of drug-likeness (QED) is 0.270. The van der Waals surface area contributed by atoms with Crippen LogP contribution in [-0.2, 0) is 0 Å². The van der Waals surface area contributed by atoms with E-state index >= 15 is 0 Å². The SMILES string of the molecule is C/C=c1\c(=C/C)n(-c2cc(C)cc(C)c2)c2ccc(-c3cccc4ccccc34)cc12.CC. The fourth-order valence-electron chi connectivity index (χ4n) is 4.93. The van der Waals surface area contributed by atoms with Crippen molar-refractivity contribution in [3.05, 3.63) is 101 Å².